The van der Waals surface area contributed by atoms with Crippen LogP contribution in [0, 0.1) is 24.7 Å². The topological polar surface area (TPSA) is 0 Å². The summed E-state index contributed by atoms with van der Waals surface area (Å²) >= 11 is 1.74. The third kappa shape index (κ3) is 8.70. The van der Waals surface area contributed by atoms with E-state index in [-0.39, 0.29) is 30.2 Å². The Morgan fingerprint density at radius 1 is 0.769 bits per heavy atom. The van der Waals surface area contributed by atoms with Gasteiger partial charge in [0.15, 0.2) is 0 Å². The van der Waals surface area contributed by atoms with E-state index in [9.17, 15) is 0 Å². The summed E-state index contributed by atoms with van der Waals surface area (Å²) in [6.07, 6.45) is 7.15. The molecule has 0 radical (unpaired) electrons. The Kier molecular flexibility index (Phi) is 13.0. The number of rotatable bonds is 0. The fourth-order valence-electron chi connectivity index (χ4n) is 3.19. The van der Waals surface area contributed by atoms with Crippen molar-refractivity contribution in [3.05, 3.63) is 83.6 Å². The molecule has 26 heavy (non-hydrogen) atoms. The molecule has 2 unspecified atom stereocenters. The average molecular weight is 483 g/mol. The van der Waals surface area contributed by atoms with E-state index in [2.05, 4.69) is 88.3 Å². The van der Waals surface area contributed by atoms with E-state index < -0.39 is 0 Å². The van der Waals surface area contributed by atoms with Crippen molar-refractivity contribution >= 4 is 5.43 Å². The number of fused-ring (bicyclic) bond motifs is 2. The summed E-state index contributed by atoms with van der Waals surface area (Å²) < 4.78 is 0. The van der Waals surface area contributed by atoms with Crippen LogP contribution in [-0.2, 0) is 36.2 Å². The summed E-state index contributed by atoms with van der Waals surface area (Å²) in [4.78, 5) is 0. The first kappa shape index (κ1) is 25.9. The molecule has 0 nitrogen and oxygen atoms in total. The number of hydrogen-bond donors (Lipinski definition) is 0. The van der Waals surface area contributed by atoms with Crippen molar-refractivity contribution in [3.8, 4) is 0 Å². The molecule has 2 aliphatic carbocycles. The van der Waals surface area contributed by atoms with Gasteiger partial charge in [-0.15, -0.1) is 35.4 Å². The van der Waals surface area contributed by atoms with Crippen molar-refractivity contribution in [2.24, 2.45) is 11.8 Å². The van der Waals surface area contributed by atoms with Gasteiger partial charge in [-0.3, -0.25) is 0 Å². The van der Waals surface area contributed by atoms with Gasteiger partial charge in [0.25, 0.3) is 0 Å². The van der Waals surface area contributed by atoms with Crippen LogP contribution in [0.2, 0.25) is 13.1 Å². The van der Waals surface area contributed by atoms with Crippen molar-refractivity contribution in [3.63, 3.8) is 0 Å². The van der Waals surface area contributed by atoms with Gasteiger partial charge < -0.3 is 24.8 Å². The summed E-state index contributed by atoms with van der Waals surface area (Å²) in [5.41, 5.74) is 6.11. The molecule has 4 rings (SSSR count). The first-order valence-corrected chi connectivity index (χ1v) is 15.0. The van der Waals surface area contributed by atoms with Gasteiger partial charge in [0.05, 0.1) is 0 Å². The second kappa shape index (κ2) is 13.1. The van der Waals surface area contributed by atoms with Crippen LogP contribution >= 0.6 is 0 Å². The van der Waals surface area contributed by atoms with Crippen LogP contribution < -0.4 is 24.8 Å². The summed E-state index contributed by atoms with van der Waals surface area (Å²) in [6.45, 7) is 9.14. The van der Waals surface area contributed by atoms with Gasteiger partial charge in [0.2, 0.25) is 0 Å². The average Bonchev–Trinajstić information content (AvgIpc) is 3.07. The molecule has 2 atom stereocenters. The maximum absolute atomic E-state index is 2.34. The summed E-state index contributed by atoms with van der Waals surface area (Å²) in [7, 11) is 0. The second-order valence-corrected chi connectivity index (χ2v) is 16.5. The monoisotopic (exact) mass is 480 g/mol. The molecular weight excluding hydrogens is 454 g/mol. The summed E-state index contributed by atoms with van der Waals surface area (Å²) in [5.74, 6) is 1.50. The zero-order valence-electron chi connectivity index (χ0n) is 16.1. The molecule has 4 heteroatoms. The van der Waals surface area contributed by atoms with E-state index in [1.165, 1.54) is 35.1 Å². The van der Waals surface area contributed by atoms with E-state index in [4.69, 9.17) is 0 Å². The maximum atomic E-state index is 2.34. The standard InChI is InChI=1S/2C10H11.C2H6Si.2ClH.Zr/c2*1-8-6-9-4-2-3-5-10(9)7-8;1-3-2;;;/h2*2-6,8H,7H2,1H3;1-2H3;2*1H;/q2*-1;;;;+2/p-2. The van der Waals surface area contributed by atoms with Crippen LogP contribution in [0.25, 0.3) is 0 Å². The molecule has 2 aromatic rings. The molecule has 0 aliphatic heterocycles. The molecule has 2 aliphatic rings. The summed E-state index contributed by atoms with van der Waals surface area (Å²) in [6, 6.07) is 17.3. The van der Waals surface area contributed by atoms with Crippen molar-refractivity contribution < 1.29 is 48.1 Å². The van der Waals surface area contributed by atoms with Crippen molar-refractivity contribution in [2.75, 3.05) is 0 Å². The second-order valence-electron chi connectivity index (χ2n) is 7.09. The van der Waals surface area contributed by atoms with Gasteiger partial charge in [-0.05, 0) is 0 Å². The zero-order valence-corrected chi connectivity index (χ0v) is 21.1. The molecule has 0 N–H and O–H groups in total. The van der Waals surface area contributed by atoms with Crippen LogP contribution in [-0.4, -0.2) is 5.43 Å². The first-order valence-electron chi connectivity index (χ1n) is 8.83. The normalized spacial score (nSPS) is 17.9. The molecular formula is C22H28Cl2SiZr-2. The number of benzene rings is 2. The number of halogens is 2. The minimum Gasteiger partial charge on any atom is -1.00 e. The van der Waals surface area contributed by atoms with Crippen LogP contribution in [0.4, 0.5) is 0 Å². The maximum Gasteiger partial charge on any atom is -1.00 e. The molecule has 0 bridgehead atoms. The zero-order chi connectivity index (χ0) is 17.5. The molecule has 0 heterocycles. The van der Waals surface area contributed by atoms with E-state index in [0.29, 0.717) is 0 Å². The third-order valence-corrected chi connectivity index (χ3v) is 4.12. The van der Waals surface area contributed by atoms with E-state index >= 15 is 0 Å². The van der Waals surface area contributed by atoms with Gasteiger partial charge in [-0.2, -0.15) is 36.1 Å². The third-order valence-electron chi connectivity index (χ3n) is 4.12. The Labute approximate surface area is 187 Å². The van der Waals surface area contributed by atoms with Crippen LogP contribution in [0.3, 0.4) is 0 Å². The molecule has 140 valence electrons. The smallest absolute Gasteiger partial charge is 1.00 e. The predicted molar refractivity (Wildman–Crippen MR) is 103 cm³/mol. The largest absolute Gasteiger partial charge is 1.00 e. The molecule has 0 amide bonds. The summed E-state index contributed by atoms with van der Waals surface area (Å²) in [5, 5.41) is 0. The first-order chi connectivity index (χ1) is 11.5. The molecule has 0 saturated carbocycles. The molecule has 0 fully saturated rings. The minimum atomic E-state index is 0. The van der Waals surface area contributed by atoms with Gasteiger partial charge in [0.1, 0.15) is 0 Å². The van der Waals surface area contributed by atoms with E-state index in [1.807, 2.05) is 0 Å². The fraction of sp³-hybridized carbons (Fsp3) is 0.364. The molecule has 0 spiro atoms. The van der Waals surface area contributed by atoms with Crippen LogP contribution in [0.15, 0.2) is 48.5 Å². The van der Waals surface area contributed by atoms with Gasteiger partial charge in [-0.1, -0.05) is 50.7 Å². The van der Waals surface area contributed by atoms with Gasteiger partial charge >= 0.3 is 41.9 Å². The Hall–Kier alpha value is -0.140. The van der Waals surface area contributed by atoms with Crippen molar-refractivity contribution in [1.29, 1.82) is 0 Å². The van der Waals surface area contributed by atoms with E-state index in [0.717, 1.165) is 11.8 Å². The SMILES string of the molecule is CC1[CH-]c2ccccc2C1.CC1[CH-]c2ccccc2C1.C[Si](C)=[Zr+2].[Cl-].[Cl-]. The van der Waals surface area contributed by atoms with Crippen molar-refractivity contribution in [1.82, 2.24) is 0 Å². The number of hydrogen-bond acceptors (Lipinski definition) is 0. The molecule has 0 aromatic heterocycles. The Balaban J connectivity index is 0.000000378. The fourth-order valence-corrected chi connectivity index (χ4v) is 3.19. The van der Waals surface area contributed by atoms with Gasteiger partial charge in [-0.25, -0.2) is 0 Å². The molecule has 2 aromatic carbocycles. The van der Waals surface area contributed by atoms with Crippen LogP contribution in [0.5, 0.6) is 0 Å². The quantitative estimate of drug-likeness (QED) is 0.356. The van der Waals surface area contributed by atoms with Crippen LogP contribution in [0.1, 0.15) is 36.1 Å². The Morgan fingerprint density at radius 2 is 1.08 bits per heavy atom. The predicted octanol–water partition coefficient (Wildman–Crippen LogP) is -0.345. The molecule has 0 saturated heterocycles. The van der Waals surface area contributed by atoms with E-state index in [1.54, 1.807) is 23.3 Å². The Morgan fingerprint density at radius 3 is 1.38 bits per heavy atom. The Bertz CT molecular complexity index is 580. The van der Waals surface area contributed by atoms with Gasteiger partial charge in [0, 0.05) is 0 Å². The van der Waals surface area contributed by atoms with Crippen molar-refractivity contribution in [2.45, 2.75) is 39.8 Å². The minimum absolute atomic E-state index is 0.